The smallest absolute Gasteiger partial charge is 0.261 e. The number of imide groups is 1. The number of amides is 3. The van der Waals surface area contributed by atoms with Gasteiger partial charge in [-0.3, -0.25) is 30.1 Å². The number of nitriles is 1. The third-order valence-corrected chi connectivity index (χ3v) is 5.69. The zero-order valence-electron chi connectivity index (χ0n) is 20.8. The second kappa shape index (κ2) is 12.0. The standard InChI is InChI=1S/C25H30N6O5/c1-5-31-24(33)19-12-17(15-26)22(14-20(19)25(31)34)29-28-21-7-6-18(13-23(21)27-16(2)32)30(8-10-35-3)9-11-36-4/h6-7,12-14,28-29H,5,8-11H2,1-4H3,(H,27,32). The van der Waals surface area contributed by atoms with Gasteiger partial charge in [0.1, 0.15) is 6.07 Å². The first-order valence-corrected chi connectivity index (χ1v) is 11.4. The Morgan fingerprint density at radius 3 is 2.14 bits per heavy atom. The van der Waals surface area contributed by atoms with Gasteiger partial charge in [-0.25, -0.2) is 0 Å². The highest BCUT2D eigenvalue weighted by Crippen LogP contribution is 2.31. The van der Waals surface area contributed by atoms with Gasteiger partial charge < -0.3 is 19.7 Å². The second-order valence-corrected chi connectivity index (χ2v) is 8.04. The van der Waals surface area contributed by atoms with Gasteiger partial charge in [-0.15, -0.1) is 0 Å². The molecular formula is C25H30N6O5. The summed E-state index contributed by atoms with van der Waals surface area (Å²) in [4.78, 5) is 40.2. The summed E-state index contributed by atoms with van der Waals surface area (Å²) in [5.41, 5.74) is 8.83. The van der Waals surface area contributed by atoms with Crippen molar-refractivity contribution in [3.8, 4) is 6.07 Å². The number of carbonyl (C=O) groups excluding carboxylic acids is 3. The highest BCUT2D eigenvalue weighted by Gasteiger charge is 2.35. The largest absolute Gasteiger partial charge is 0.383 e. The average Bonchev–Trinajstić information content (AvgIpc) is 3.10. The van der Waals surface area contributed by atoms with Crippen LogP contribution in [0.4, 0.5) is 22.7 Å². The molecule has 0 radical (unpaired) electrons. The lowest BCUT2D eigenvalue weighted by molar-refractivity contribution is -0.114. The van der Waals surface area contributed by atoms with Crippen molar-refractivity contribution in [3.63, 3.8) is 0 Å². The number of rotatable bonds is 12. The molecule has 0 saturated carbocycles. The molecule has 3 rings (SSSR count). The van der Waals surface area contributed by atoms with E-state index in [0.717, 1.165) is 10.6 Å². The Morgan fingerprint density at radius 2 is 1.58 bits per heavy atom. The second-order valence-electron chi connectivity index (χ2n) is 8.04. The number of methoxy groups -OCH3 is 2. The van der Waals surface area contributed by atoms with E-state index >= 15 is 0 Å². The van der Waals surface area contributed by atoms with Gasteiger partial charge in [-0.2, -0.15) is 5.26 Å². The molecule has 1 aliphatic rings. The van der Waals surface area contributed by atoms with Crippen LogP contribution in [-0.4, -0.2) is 69.7 Å². The number of nitrogens with zero attached hydrogens (tertiary/aromatic N) is 3. The topological polar surface area (TPSA) is 136 Å². The normalized spacial score (nSPS) is 12.2. The summed E-state index contributed by atoms with van der Waals surface area (Å²) in [5, 5.41) is 12.4. The molecule has 0 aromatic heterocycles. The van der Waals surface area contributed by atoms with Gasteiger partial charge in [0.15, 0.2) is 0 Å². The van der Waals surface area contributed by atoms with E-state index in [1.165, 1.54) is 19.1 Å². The minimum atomic E-state index is -0.413. The van der Waals surface area contributed by atoms with E-state index in [0.29, 0.717) is 43.4 Å². The van der Waals surface area contributed by atoms with E-state index in [2.05, 4.69) is 27.1 Å². The van der Waals surface area contributed by atoms with Crippen LogP contribution < -0.4 is 21.1 Å². The highest BCUT2D eigenvalue weighted by molar-refractivity contribution is 6.22. The van der Waals surface area contributed by atoms with Gasteiger partial charge in [-0.1, -0.05) is 0 Å². The molecule has 2 aromatic rings. The van der Waals surface area contributed by atoms with Crippen molar-refractivity contribution in [1.29, 1.82) is 5.26 Å². The minimum absolute atomic E-state index is 0.198. The molecule has 1 heterocycles. The van der Waals surface area contributed by atoms with Crippen molar-refractivity contribution >= 4 is 40.5 Å². The van der Waals surface area contributed by atoms with E-state index in [9.17, 15) is 19.6 Å². The number of ether oxygens (including phenoxy) is 2. The van der Waals surface area contributed by atoms with E-state index in [-0.39, 0.29) is 29.1 Å². The van der Waals surface area contributed by atoms with E-state index < -0.39 is 11.8 Å². The molecule has 0 unspecified atom stereocenters. The Bertz CT molecular complexity index is 1180. The molecule has 3 amide bonds. The molecule has 3 N–H and O–H groups in total. The fourth-order valence-corrected chi connectivity index (χ4v) is 3.86. The quantitative estimate of drug-likeness (QED) is 0.300. The van der Waals surface area contributed by atoms with Crippen molar-refractivity contribution in [2.45, 2.75) is 13.8 Å². The van der Waals surface area contributed by atoms with E-state index in [1.807, 2.05) is 12.1 Å². The Labute approximate surface area is 209 Å². The number of hydrazine groups is 1. The van der Waals surface area contributed by atoms with Crippen LogP contribution in [0.3, 0.4) is 0 Å². The first-order chi connectivity index (χ1) is 17.3. The lowest BCUT2D eigenvalue weighted by Crippen LogP contribution is -2.30. The Kier molecular flexibility index (Phi) is 8.83. The molecule has 0 aliphatic carbocycles. The van der Waals surface area contributed by atoms with Gasteiger partial charge in [0.2, 0.25) is 5.91 Å². The molecule has 2 aromatic carbocycles. The molecule has 11 heteroatoms. The molecule has 0 spiro atoms. The van der Waals surface area contributed by atoms with Crippen molar-refractivity contribution < 1.29 is 23.9 Å². The van der Waals surface area contributed by atoms with Crippen molar-refractivity contribution in [3.05, 3.63) is 47.0 Å². The van der Waals surface area contributed by atoms with Crippen LogP contribution in [0.25, 0.3) is 0 Å². The maximum atomic E-state index is 12.6. The number of hydrogen-bond acceptors (Lipinski definition) is 9. The summed E-state index contributed by atoms with van der Waals surface area (Å²) < 4.78 is 10.4. The molecule has 36 heavy (non-hydrogen) atoms. The maximum absolute atomic E-state index is 12.6. The first kappa shape index (κ1) is 26.5. The first-order valence-electron chi connectivity index (χ1n) is 11.4. The fraction of sp³-hybridized carbons (Fsp3) is 0.360. The van der Waals surface area contributed by atoms with Crippen LogP contribution in [0.15, 0.2) is 30.3 Å². The summed E-state index contributed by atoms with van der Waals surface area (Å²) in [6, 6.07) is 10.4. The third-order valence-electron chi connectivity index (χ3n) is 5.69. The molecule has 0 bridgehead atoms. The molecule has 1 aliphatic heterocycles. The van der Waals surface area contributed by atoms with Crippen LogP contribution in [0.2, 0.25) is 0 Å². The number of hydrogen-bond donors (Lipinski definition) is 3. The van der Waals surface area contributed by atoms with Crippen molar-refractivity contribution in [1.82, 2.24) is 4.90 Å². The summed E-state index contributed by atoms with van der Waals surface area (Å²) in [6.07, 6.45) is 0. The van der Waals surface area contributed by atoms with Crippen LogP contribution in [0.5, 0.6) is 0 Å². The lowest BCUT2D eigenvalue weighted by atomic mass is 10.0. The Morgan fingerprint density at radius 1 is 0.972 bits per heavy atom. The van der Waals surface area contributed by atoms with E-state index in [1.54, 1.807) is 27.2 Å². The predicted molar refractivity (Wildman–Crippen MR) is 136 cm³/mol. The van der Waals surface area contributed by atoms with Crippen molar-refractivity contribution in [2.24, 2.45) is 0 Å². The predicted octanol–water partition coefficient (Wildman–Crippen LogP) is 2.67. The van der Waals surface area contributed by atoms with Gasteiger partial charge in [0.05, 0.1) is 47.0 Å². The zero-order chi connectivity index (χ0) is 26.2. The molecule has 0 saturated heterocycles. The molecule has 11 nitrogen and oxygen atoms in total. The van der Waals surface area contributed by atoms with Crippen LogP contribution >= 0.6 is 0 Å². The average molecular weight is 495 g/mol. The van der Waals surface area contributed by atoms with Crippen LogP contribution in [-0.2, 0) is 14.3 Å². The summed E-state index contributed by atoms with van der Waals surface area (Å²) in [5.74, 6) is -1.07. The molecule has 190 valence electrons. The van der Waals surface area contributed by atoms with Gasteiger partial charge in [0.25, 0.3) is 11.8 Å². The number of nitrogens with one attached hydrogen (secondary N) is 3. The number of fused-ring (bicyclic) bond motifs is 1. The lowest BCUT2D eigenvalue weighted by Gasteiger charge is -2.26. The highest BCUT2D eigenvalue weighted by atomic mass is 16.5. The van der Waals surface area contributed by atoms with Crippen molar-refractivity contribution in [2.75, 3.05) is 68.1 Å². The molecule has 0 fully saturated rings. The molecule has 0 atom stereocenters. The maximum Gasteiger partial charge on any atom is 0.261 e. The van der Waals surface area contributed by atoms with Crippen LogP contribution in [0, 0.1) is 11.3 Å². The van der Waals surface area contributed by atoms with Gasteiger partial charge >= 0.3 is 0 Å². The summed E-state index contributed by atoms with van der Waals surface area (Å²) in [7, 11) is 3.27. The number of benzene rings is 2. The van der Waals surface area contributed by atoms with Gasteiger partial charge in [-0.05, 0) is 37.3 Å². The third kappa shape index (κ3) is 5.73. The Hall–Kier alpha value is -4.14. The zero-order valence-corrected chi connectivity index (χ0v) is 20.8. The fourth-order valence-electron chi connectivity index (χ4n) is 3.86. The SMILES string of the molecule is CCN1C(=O)c2cc(C#N)c(NNc3ccc(N(CCOC)CCOC)cc3NC(C)=O)cc2C1=O. The number of carbonyl (C=O) groups is 3. The van der Waals surface area contributed by atoms with Gasteiger partial charge in [0, 0.05) is 46.5 Å². The van der Waals surface area contributed by atoms with Crippen LogP contribution in [0.1, 0.15) is 40.1 Å². The van der Waals surface area contributed by atoms with E-state index in [4.69, 9.17) is 9.47 Å². The molecular weight excluding hydrogens is 464 g/mol. The Balaban J connectivity index is 1.89. The monoisotopic (exact) mass is 494 g/mol. The summed E-state index contributed by atoms with van der Waals surface area (Å²) in [6.45, 7) is 5.67. The number of anilines is 4. The summed E-state index contributed by atoms with van der Waals surface area (Å²) >= 11 is 0. The minimum Gasteiger partial charge on any atom is -0.383 e.